The zero-order valence-corrected chi connectivity index (χ0v) is 17.1. The highest BCUT2D eigenvalue weighted by atomic mass is 32.2. The Kier molecular flexibility index (Phi) is 6.19. The fraction of sp³-hybridized carbons (Fsp3) is 0.350. The van der Waals surface area contributed by atoms with Gasteiger partial charge < -0.3 is 10.2 Å². The van der Waals surface area contributed by atoms with Crippen molar-refractivity contribution < 1.29 is 4.79 Å². The maximum atomic E-state index is 12.6. The molecule has 3 rings (SSSR count). The molecule has 140 valence electrons. The molecule has 1 aromatic carbocycles. The van der Waals surface area contributed by atoms with Gasteiger partial charge in [-0.05, 0) is 44.4 Å². The maximum Gasteiger partial charge on any atom is 0.235 e. The van der Waals surface area contributed by atoms with Crippen LogP contribution >= 0.6 is 24.0 Å². The Morgan fingerprint density at radius 3 is 2.56 bits per heavy atom. The Morgan fingerprint density at radius 1 is 1.26 bits per heavy atom. The normalized spacial score (nSPS) is 13.4. The number of para-hydroxylation sites is 1. The highest BCUT2D eigenvalue weighted by Gasteiger charge is 2.21. The largest absolute Gasteiger partial charge is 0.358 e. The van der Waals surface area contributed by atoms with Gasteiger partial charge in [0.15, 0.2) is 0 Å². The number of thiocarbonyl (C=S) groups is 1. The lowest BCUT2D eigenvalue weighted by molar-refractivity contribution is -0.113. The molecule has 1 aliphatic heterocycles. The highest BCUT2D eigenvalue weighted by molar-refractivity contribution is 8.23. The minimum atomic E-state index is -0.160. The first-order valence-corrected chi connectivity index (χ1v) is 10.3. The summed E-state index contributed by atoms with van der Waals surface area (Å²) >= 11 is 6.80. The third-order valence-electron chi connectivity index (χ3n) is 4.79. The third-order valence-corrected chi connectivity index (χ3v) is 6.31. The molecule has 0 aliphatic carbocycles. The minimum absolute atomic E-state index is 0.160. The highest BCUT2D eigenvalue weighted by Crippen LogP contribution is 2.30. The third kappa shape index (κ3) is 4.18. The van der Waals surface area contributed by atoms with Gasteiger partial charge in [-0.3, -0.25) is 9.36 Å². The van der Waals surface area contributed by atoms with Crippen molar-refractivity contribution in [3.8, 4) is 11.8 Å². The van der Waals surface area contributed by atoms with Crippen LogP contribution in [0.25, 0.3) is 5.69 Å². The summed E-state index contributed by atoms with van der Waals surface area (Å²) in [5, 5.41) is 12.5. The van der Waals surface area contributed by atoms with Crippen molar-refractivity contribution in [2.45, 2.75) is 26.7 Å². The van der Waals surface area contributed by atoms with Gasteiger partial charge in [0.2, 0.25) is 5.91 Å². The predicted octanol–water partition coefficient (Wildman–Crippen LogP) is 4.02. The van der Waals surface area contributed by atoms with Gasteiger partial charge in [0.25, 0.3) is 0 Å². The molecule has 2 heterocycles. The summed E-state index contributed by atoms with van der Waals surface area (Å²) in [7, 11) is 0. The number of likely N-dealkylation sites (tertiary alicyclic amines) is 1. The molecule has 1 amide bonds. The molecule has 27 heavy (non-hydrogen) atoms. The number of amides is 1. The molecule has 7 heteroatoms. The first-order valence-electron chi connectivity index (χ1n) is 8.92. The molecule has 1 aliphatic rings. The van der Waals surface area contributed by atoms with E-state index in [9.17, 15) is 10.1 Å². The minimum Gasteiger partial charge on any atom is -0.358 e. The molecule has 0 bridgehead atoms. The number of carbonyl (C=O) groups is 1. The molecule has 5 nitrogen and oxygen atoms in total. The van der Waals surface area contributed by atoms with Crippen LogP contribution in [0.2, 0.25) is 0 Å². The van der Waals surface area contributed by atoms with E-state index in [1.54, 1.807) is 0 Å². The monoisotopic (exact) mass is 398 g/mol. The van der Waals surface area contributed by atoms with Crippen molar-refractivity contribution in [1.82, 2.24) is 9.47 Å². The number of aromatic nitrogens is 1. The summed E-state index contributed by atoms with van der Waals surface area (Å²) in [4.78, 5) is 14.7. The first-order chi connectivity index (χ1) is 13.0. The summed E-state index contributed by atoms with van der Waals surface area (Å²) in [5.41, 5.74) is 3.22. The smallest absolute Gasteiger partial charge is 0.235 e. The van der Waals surface area contributed by atoms with Gasteiger partial charge in [0.1, 0.15) is 16.2 Å². The van der Waals surface area contributed by atoms with Gasteiger partial charge in [-0.25, -0.2) is 0 Å². The lowest BCUT2D eigenvalue weighted by Gasteiger charge is -2.17. The van der Waals surface area contributed by atoms with Crippen molar-refractivity contribution in [3.05, 3.63) is 47.2 Å². The van der Waals surface area contributed by atoms with E-state index in [0.717, 1.165) is 47.2 Å². The summed E-state index contributed by atoms with van der Waals surface area (Å²) in [6, 6.07) is 12.0. The van der Waals surface area contributed by atoms with E-state index in [1.165, 1.54) is 11.8 Å². The Morgan fingerprint density at radius 2 is 1.93 bits per heavy atom. The van der Waals surface area contributed by atoms with Crippen molar-refractivity contribution in [2.24, 2.45) is 0 Å². The fourth-order valence-electron chi connectivity index (χ4n) is 3.25. The molecular weight excluding hydrogens is 376 g/mol. The Labute approximate surface area is 169 Å². The quantitative estimate of drug-likeness (QED) is 0.788. The second-order valence-corrected chi connectivity index (χ2v) is 8.12. The Balaban J connectivity index is 1.79. The van der Waals surface area contributed by atoms with Gasteiger partial charge >= 0.3 is 0 Å². The molecular formula is C20H22N4OS2. The van der Waals surface area contributed by atoms with Crippen LogP contribution in [0, 0.1) is 25.2 Å². The summed E-state index contributed by atoms with van der Waals surface area (Å²) in [6.07, 6.45) is 2.31. The van der Waals surface area contributed by atoms with Gasteiger partial charge in [0.05, 0.1) is 11.3 Å². The number of hydrogen-bond donors (Lipinski definition) is 1. The number of nitriles is 1. The molecule has 0 spiro atoms. The van der Waals surface area contributed by atoms with Crippen molar-refractivity contribution in [1.29, 1.82) is 5.26 Å². The summed E-state index contributed by atoms with van der Waals surface area (Å²) in [5.74, 6) is 0.599. The van der Waals surface area contributed by atoms with Crippen LogP contribution in [0.5, 0.6) is 0 Å². The molecule has 1 aromatic heterocycles. The van der Waals surface area contributed by atoms with Crippen LogP contribution in [0.3, 0.4) is 0 Å². The first kappa shape index (κ1) is 19.5. The van der Waals surface area contributed by atoms with Crippen LogP contribution in [-0.4, -0.2) is 38.5 Å². The zero-order valence-electron chi connectivity index (χ0n) is 15.5. The van der Waals surface area contributed by atoms with Crippen LogP contribution < -0.4 is 5.32 Å². The van der Waals surface area contributed by atoms with Gasteiger partial charge in [-0.2, -0.15) is 5.26 Å². The molecule has 1 saturated heterocycles. The average Bonchev–Trinajstić information content (AvgIpc) is 3.29. The molecule has 1 N–H and O–H groups in total. The molecule has 0 atom stereocenters. The summed E-state index contributed by atoms with van der Waals surface area (Å²) in [6.45, 7) is 5.80. The molecule has 0 radical (unpaired) electrons. The second-order valence-electron chi connectivity index (χ2n) is 6.51. The second kappa shape index (κ2) is 8.59. The number of benzene rings is 1. The maximum absolute atomic E-state index is 12.6. The van der Waals surface area contributed by atoms with Gasteiger partial charge in [-0.15, -0.1) is 0 Å². The average molecular weight is 399 g/mol. The van der Waals surface area contributed by atoms with Crippen molar-refractivity contribution in [3.63, 3.8) is 0 Å². The Bertz CT molecular complexity index is 893. The number of hydrogen-bond acceptors (Lipinski definition) is 4. The van der Waals surface area contributed by atoms with E-state index in [2.05, 4.69) is 16.3 Å². The van der Waals surface area contributed by atoms with Crippen LogP contribution in [0.15, 0.2) is 30.3 Å². The number of nitrogens with zero attached hydrogens (tertiary/aromatic N) is 3. The van der Waals surface area contributed by atoms with E-state index in [0.29, 0.717) is 11.4 Å². The predicted molar refractivity (Wildman–Crippen MR) is 114 cm³/mol. The van der Waals surface area contributed by atoms with Crippen LogP contribution in [0.4, 0.5) is 5.82 Å². The lowest BCUT2D eigenvalue weighted by Crippen LogP contribution is -2.25. The standard InChI is InChI=1S/C20H22N4OS2/c1-14-15(2)24(16-8-4-3-5-9-16)19(17(14)12-21)22-18(25)13-27-20(26)23-10-6-7-11-23/h3-5,8-9H,6-7,10-11,13H2,1-2H3,(H,22,25). The van der Waals surface area contributed by atoms with E-state index >= 15 is 0 Å². The lowest BCUT2D eigenvalue weighted by atomic mass is 10.2. The van der Waals surface area contributed by atoms with E-state index in [4.69, 9.17) is 12.2 Å². The number of thioether (sulfide) groups is 1. The molecule has 2 aromatic rings. The number of carbonyl (C=O) groups excluding carboxylic acids is 1. The van der Waals surface area contributed by atoms with Gasteiger partial charge in [-0.1, -0.05) is 42.2 Å². The number of rotatable bonds is 4. The van der Waals surface area contributed by atoms with Crippen LogP contribution in [-0.2, 0) is 4.79 Å². The van der Waals surface area contributed by atoms with E-state index < -0.39 is 0 Å². The van der Waals surface area contributed by atoms with E-state index in [-0.39, 0.29) is 11.7 Å². The topological polar surface area (TPSA) is 61.1 Å². The molecule has 1 fully saturated rings. The van der Waals surface area contributed by atoms with Crippen molar-refractivity contribution in [2.75, 3.05) is 24.2 Å². The van der Waals surface area contributed by atoms with Gasteiger partial charge in [0, 0.05) is 24.5 Å². The fourth-order valence-corrected chi connectivity index (χ4v) is 4.30. The Hall–Kier alpha value is -2.30. The van der Waals surface area contributed by atoms with Crippen LogP contribution in [0.1, 0.15) is 29.7 Å². The zero-order chi connectivity index (χ0) is 19.4. The summed E-state index contributed by atoms with van der Waals surface area (Å²) < 4.78 is 2.70. The number of anilines is 1. The molecule has 0 unspecified atom stereocenters. The SMILES string of the molecule is Cc1c(C#N)c(NC(=O)CSC(=S)N2CCCC2)n(-c2ccccc2)c1C. The number of nitrogens with one attached hydrogen (secondary N) is 1. The van der Waals surface area contributed by atoms with E-state index in [1.807, 2.05) is 48.7 Å². The molecule has 0 saturated carbocycles. The van der Waals surface area contributed by atoms with Crippen molar-refractivity contribution >= 4 is 40.0 Å².